The van der Waals surface area contributed by atoms with Gasteiger partial charge >= 0.3 is 0 Å². The number of carbonyl (C=O) groups excluding carboxylic acids is 2. The minimum atomic E-state index is -0.0469. The largest absolute Gasteiger partial charge is 0.341 e. The van der Waals surface area contributed by atoms with Crippen LogP contribution in [0.25, 0.3) is 11.0 Å². The van der Waals surface area contributed by atoms with Crippen LogP contribution in [-0.4, -0.2) is 34.1 Å². The normalized spacial score (nSPS) is 14.1. The number of para-hydroxylation sites is 2. The number of carbonyl (C=O) groups is 2. The number of fused-ring (bicyclic) bond motifs is 2. The number of nitrogens with one attached hydrogen (secondary N) is 2. The average Bonchev–Trinajstić information content (AvgIpc) is 3.29. The van der Waals surface area contributed by atoms with Crippen LogP contribution >= 0.6 is 11.8 Å². The van der Waals surface area contributed by atoms with Crippen molar-refractivity contribution < 1.29 is 9.59 Å². The van der Waals surface area contributed by atoms with Gasteiger partial charge in [-0.2, -0.15) is 0 Å². The van der Waals surface area contributed by atoms with Crippen LogP contribution in [0.4, 0.5) is 11.4 Å². The lowest BCUT2D eigenvalue weighted by atomic mass is 10.1. The zero-order chi connectivity index (χ0) is 19.7. The Kier molecular flexibility index (Phi) is 5.09. The number of hydrogen-bond donors (Lipinski definition) is 2. The third-order valence-electron chi connectivity index (χ3n) is 4.90. The van der Waals surface area contributed by atoms with E-state index < -0.39 is 0 Å². The van der Waals surface area contributed by atoms with Gasteiger partial charge in [0.25, 0.3) is 0 Å². The molecule has 28 heavy (non-hydrogen) atoms. The van der Waals surface area contributed by atoms with Crippen molar-refractivity contribution >= 4 is 46.0 Å². The minimum absolute atomic E-state index is 0.0469. The summed E-state index contributed by atoms with van der Waals surface area (Å²) in [6.45, 7) is 4.32. The Bertz CT molecular complexity index is 1010. The van der Waals surface area contributed by atoms with Crippen LogP contribution in [0.5, 0.6) is 0 Å². The highest BCUT2D eigenvalue weighted by molar-refractivity contribution is 8.00. The molecule has 0 aliphatic carbocycles. The van der Waals surface area contributed by atoms with Gasteiger partial charge in [0.2, 0.25) is 11.8 Å². The van der Waals surface area contributed by atoms with Gasteiger partial charge in [-0.15, -0.1) is 11.8 Å². The number of nitrogens with zero attached hydrogens (tertiary/aromatic N) is 2. The standard InChI is InChI=1S/C21H22N4O2S/c1-13(21-23-17-5-3-4-6-18(17)24-21)28-12-20(27)22-16-7-8-19-15(11-16)9-10-25(19)14(2)26/h3-8,11,13H,9-10,12H2,1-2H3,(H,22,27)(H,23,24)/t13-/m0/s1. The molecule has 144 valence electrons. The predicted octanol–water partition coefficient (Wildman–Crippen LogP) is 3.90. The van der Waals surface area contributed by atoms with Crippen molar-refractivity contribution in [2.24, 2.45) is 0 Å². The third kappa shape index (κ3) is 3.75. The second-order valence-electron chi connectivity index (χ2n) is 6.90. The smallest absolute Gasteiger partial charge is 0.234 e. The summed E-state index contributed by atoms with van der Waals surface area (Å²) >= 11 is 1.54. The Balaban J connectivity index is 1.35. The molecule has 6 nitrogen and oxygen atoms in total. The van der Waals surface area contributed by atoms with E-state index in [1.54, 1.807) is 23.6 Å². The SMILES string of the molecule is CC(=O)N1CCc2cc(NC(=O)CS[C@@H](C)c3nc4ccccc4[nH]3)ccc21. The number of H-pyrrole nitrogens is 1. The second kappa shape index (κ2) is 7.67. The van der Waals surface area contributed by atoms with Gasteiger partial charge in [0, 0.05) is 24.8 Å². The first-order valence-corrected chi connectivity index (χ1v) is 10.3. The first-order valence-electron chi connectivity index (χ1n) is 9.28. The van der Waals surface area contributed by atoms with Crippen LogP contribution in [0.1, 0.15) is 30.5 Å². The van der Waals surface area contributed by atoms with Crippen molar-refractivity contribution in [3.63, 3.8) is 0 Å². The Morgan fingerprint density at radius 1 is 1.29 bits per heavy atom. The fourth-order valence-corrected chi connectivity index (χ4v) is 4.19. The molecule has 0 saturated heterocycles. The van der Waals surface area contributed by atoms with Crippen LogP contribution in [-0.2, 0) is 16.0 Å². The number of anilines is 2. The topological polar surface area (TPSA) is 78.1 Å². The molecule has 2 N–H and O–H groups in total. The molecule has 2 heterocycles. The number of benzene rings is 2. The average molecular weight is 395 g/mol. The molecule has 0 radical (unpaired) electrons. The van der Waals surface area contributed by atoms with E-state index in [4.69, 9.17) is 0 Å². The molecule has 1 aliphatic rings. The molecule has 2 aromatic carbocycles. The monoisotopic (exact) mass is 394 g/mol. The van der Waals surface area contributed by atoms with Gasteiger partial charge in [-0.1, -0.05) is 12.1 Å². The van der Waals surface area contributed by atoms with Crippen LogP contribution in [0.3, 0.4) is 0 Å². The maximum Gasteiger partial charge on any atom is 0.234 e. The van der Waals surface area contributed by atoms with E-state index in [-0.39, 0.29) is 17.1 Å². The summed E-state index contributed by atoms with van der Waals surface area (Å²) in [4.78, 5) is 33.7. The quantitative estimate of drug-likeness (QED) is 0.688. The zero-order valence-corrected chi connectivity index (χ0v) is 16.7. The molecule has 0 saturated carbocycles. The third-order valence-corrected chi connectivity index (χ3v) is 6.05. The van der Waals surface area contributed by atoms with E-state index in [2.05, 4.69) is 15.3 Å². The molecule has 1 aromatic heterocycles. The molecular weight excluding hydrogens is 372 g/mol. The summed E-state index contributed by atoms with van der Waals surface area (Å²) < 4.78 is 0. The number of amides is 2. The van der Waals surface area contributed by atoms with Crippen LogP contribution in [0.2, 0.25) is 0 Å². The zero-order valence-electron chi connectivity index (χ0n) is 15.9. The molecule has 0 spiro atoms. The maximum absolute atomic E-state index is 12.4. The van der Waals surface area contributed by atoms with Gasteiger partial charge < -0.3 is 15.2 Å². The predicted molar refractivity (Wildman–Crippen MR) is 114 cm³/mol. The number of aromatic amines is 1. The van der Waals surface area contributed by atoms with Crippen molar-refractivity contribution in [2.75, 3.05) is 22.5 Å². The van der Waals surface area contributed by atoms with Crippen molar-refractivity contribution in [3.05, 3.63) is 53.9 Å². The lowest BCUT2D eigenvalue weighted by Crippen LogP contribution is -2.25. The van der Waals surface area contributed by atoms with E-state index in [0.717, 1.165) is 40.2 Å². The summed E-state index contributed by atoms with van der Waals surface area (Å²) in [5.74, 6) is 1.22. The van der Waals surface area contributed by atoms with E-state index in [0.29, 0.717) is 12.3 Å². The maximum atomic E-state index is 12.4. The Morgan fingerprint density at radius 2 is 2.11 bits per heavy atom. The van der Waals surface area contributed by atoms with E-state index in [1.165, 1.54) is 0 Å². The fraction of sp³-hybridized carbons (Fsp3) is 0.286. The van der Waals surface area contributed by atoms with Gasteiger partial charge in [0.15, 0.2) is 0 Å². The number of aromatic nitrogens is 2. The summed E-state index contributed by atoms with van der Waals surface area (Å²) in [5, 5.41) is 3.04. The molecule has 1 atom stereocenters. The lowest BCUT2D eigenvalue weighted by Gasteiger charge is -2.15. The Morgan fingerprint density at radius 3 is 2.89 bits per heavy atom. The first-order chi connectivity index (χ1) is 13.5. The molecule has 0 bridgehead atoms. The molecule has 3 aromatic rings. The molecule has 1 aliphatic heterocycles. The summed E-state index contributed by atoms with van der Waals surface area (Å²) in [6.07, 6.45) is 0.816. The summed E-state index contributed by atoms with van der Waals surface area (Å²) in [5.41, 5.74) is 4.75. The van der Waals surface area contributed by atoms with Crippen LogP contribution in [0.15, 0.2) is 42.5 Å². The van der Waals surface area contributed by atoms with Crippen molar-refractivity contribution in [1.29, 1.82) is 0 Å². The number of imidazole rings is 1. The molecule has 7 heteroatoms. The van der Waals surface area contributed by atoms with Gasteiger partial charge in [-0.3, -0.25) is 9.59 Å². The fourth-order valence-electron chi connectivity index (χ4n) is 3.45. The second-order valence-corrected chi connectivity index (χ2v) is 8.23. The molecule has 0 unspecified atom stereocenters. The first kappa shape index (κ1) is 18.6. The van der Waals surface area contributed by atoms with Crippen molar-refractivity contribution in [1.82, 2.24) is 9.97 Å². The molecule has 0 fully saturated rings. The van der Waals surface area contributed by atoms with Gasteiger partial charge in [0.1, 0.15) is 5.82 Å². The molecular formula is C21H22N4O2S. The summed E-state index contributed by atoms with van der Waals surface area (Å²) in [7, 11) is 0. The highest BCUT2D eigenvalue weighted by atomic mass is 32.2. The van der Waals surface area contributed by atoms with E-state index in [1.807, 2.05) is 49.4 Å². The number of rotatable bonds is 5. The summed E-state index contributed by atoms with van der Waals surface area (Å²) in [6, 6.07) is 13.6. The Labute approximate surface area is 167 Å². The molecule has 2 amide bonds. The number of thioether (sulfide) groups is 1. The highest BCUT2D eigenvalue weighted by Gasteiger charge is 2.22. The minimum Gasteiger partial charge on any atom is -0.341 e. The molecule has 4 rings (SSSR count). The van der Waals surface area contributed by atoms with Crippen LogP contribution < -0.4 is 10.2 Å². The van der Waals surface area contributed by atoms with Crippen molar-refractivity contribution in [2.45, 2.75) is 25.5 Å². The van der Waals surface area contributed by atoms with Gasteiger partial charge in [-0.25, -0.2) is 4.98 Å². The number of hydrogen-bond acceptors (Lipinski definition) is 4. The van der Waals surface area contributed by atoms with E-state index in [9.17, 15) is 9.59 Å². The highest BCUT2D eigenvalue weighted by Crippen LogP contribution is 2.31. The lowest BCUT2D eigenvalue weighted by molar-refractivity contribution is -0.116. The van der Waals surface area contributed by atoms with Gasteiger partial charge in [0.05, 0.1) is 22.0 Å². The van der Waals surface area contributed by atoms with Crippen LogP contribution in [0, 0.1) is 0 Å². The van der Waals surface area contributed by atoms with Crippen molar-refractivity contribution in [3.8, 4) is 0 Å². The van der Waals surface area contributed by atoms with Gasteiger partial charge in [-0.05, 0) is 49.2 Å². The van der Waals surface area contributed by atoms with E-state index >= 15 is 0 Å². The Hall–Kier alpha value is -2.80.